The molecule has 1 heterocycles. The number of rotatable bonds is 2. The van der Waals surface area contributed by atoms with Gasteiger partial charge in [0.2, 0.25) is 0 Å². The van der Waals surface area contributed by atoms with Gasteiger partial charge in [-0.05, 0) is 30.2 Å². The smallest absolute Gasteiger partial charge is 0.191 e. The molecule has 1 aliphatic rings. The van der Waals surface area contributed by atoms with Gasteiger partial charge in [-0.1, -0.05) is 13.0 Å². The van der Waals surface area contributed by atoms with Gasteiger partial charge in [0.25, 0.3) is 0 Å². The van der Waals surface area contributed by atoms with Crippen molar-refractivity contribution in [1.29, 1.82) is 0 Å². The molecule has 0 fully saturated rings. The van der Waals surface area contributed by atoms with E-state index in [1.807, 2.05) is 32.0 Å². The van der Waals surface area contributed by atoms with Gasteiger partial charge in [0.15, 0.2) is 11.7 Å². The molecule has 1 aromatic rings. The summed E-state index contributed by atoms with van der Waals surface area (Å²) in [5.74, 6) is 0.407. The lowest BCUT2D eigenvalue weighted by Gasteiger charge is -2.19. The van der Waals surface area contributed by atoms with E-state index in [0.717, 1.165) is 22.5 Å². The van der Waals surface area contributed by atoms with Gasteiger partial charge in [-0.25, -0.2) is 4.99 Å². The molecule has 0 aliphatic carbocycles. The summed E-state index contributed by atoms with van der Waals surface area (Å²) in [6.07, 6.45) is 0.563. The summed E-state index contributed by atoms with van der Waals surface area (Å²) in [6.45, 7) is 4.26. The Morgan fingerprint density at radius 1 is 1.42 bits per heavy atom. The average molecular weight is 258 g/mol. The zero-order chi connectivity index (χ0) is 14.0. The number of aryl methyl sites for hydroxylation is 1. The second-order valence-electron chi connectivity index (χ2n) is 4.88. The van der Waals surface area contributed by atoms with E-state index in [1.165, 1.54) is 0 Å². The Bertz CT molecular complexity index is 571. The standard InChI is InChI=1S/C14H18N4O/c1-8-5-10(3-4-12(8)18-14(15)16)13-9(2)6-11(19)7-17-13/h3-5,9H,6-7H2,1-2H3,(H4,15,16,18). The number of aliphatic imine (C=N–C) groups is 2. The summed E-state index contributed by atoms with van der Waals surface area (Å²) in [5, 5.41) is 0. The van der Waals surface area contributed by atoms with Crippen LogP contribution in [0.25, 0.3) is 0 Å². The third-order valence-corrected chi connectivity index (χ3v) is 3.17. The van der Waals surface area contributed by atoms with E-state index in [0.29, 0.717) is 6.42 Å². The van der Waals surface area contributed by atoms with E-state index in [9.17, 15) is 4.79 Å². The van der Waals surface area contributed by atoms with Crippen molar-refractivity contribution in [2.24, 2.45) is 27.4 Å². The summed E-state index contributed by atoms with van der Waals surface area (Å²) < 4.78 is 0. The third kappa shape index (κ3) is 2.99. The lowest BCUT2D eigenvalue weighted by molar-refractivity contribution is -0.118. The molecule has 0 aromatic heterocycles. The van der Waals surface area contributed by atoms with Crippen LogP contribution in [0.3, 0.4) is 0 Å². The lowest BCUT2D eigenvalue weighted by Crippen LogP contribution is -2.24. The first-order valence-corrected chi connectivity index (χ1v) is 6.24. The van der Waals surface area contributed by atoms with Gasteiger partial charge in [-0.15, -0.1) is 0 Å². The van der Waals surface area contributed by atoms with Gasteiger partial charge in [0, 0.05) is 18.1 Å². The van der Waals surface area contributed by atoms with E-state index in [1.54, 1.807) is 0 Å². The van der Waals surface area contributed by atoms with Gasteiger partial charge in [0.05, 0.1) is 12.2 Å². The maximum Gasteiger partial charge on any atom is 0.191 e. The van der Waals surface area contributed by atoms with Crippen LogP contribution in [-0.4, -0.2) is 24.0 Å². The van der Waals surface area contributed by atoms with E-state index < -0.39 is 0 Å². The first-order chi connectivity index (χ1) is 8.97. The zero-order valence-corrected chi connectivity index (χ0v) is 11.2. The molecule has 100 valence electrons. The Kier molecular flexibility index (Phi) is 3.64. The van der Waals surface area contributed by atoms with Gasteiger partial charge in [0.1, 0.15) is 0 Å². The third-order valence-electron chi connectivity index (χ3n) is 3.17. The highest BCUT2D eigenvalue weighted by molar-refractivity contribution is 6.07. The van der Waals surface area contributed by atoms with Gasteiger partial charge >= 0.3 is 0 Å². The van der Waals surface area contributed by atoms with Gasteiger partial charge < -0.3 is 11.5 Å². The SMILES string of the molecule is Cc1cc(C2=NCC(=O)CC2C)ccc1N=C(N)N. The van der Waals surface area contributed by atoms with Crippen molar-refractivity contribution in [3.05, 3.63) is 29.3 Å². The fraction of sp³-hybridized carbons (Fsp3) is 0.357. The highest BCUT2D eigenvalue weighted by atomic mass is 16.1. The molecule has 1 aliphatic heterocycles. The van der Waals surface area contributed by atoms with Crippen LogP contribution in [-0.2, 0) is 4.79 Å². The van der Waals surface area contributed by atoms with Crippen molar-refractivity contribution < 1.29 is 4.79 Å². The number of carbonyl (C=O) groups is 1. The summed E-state index contributed by atoms with van der Waals surface area (Å²) in [5.41, 5.74) is 14.5. The molecule has 0 saturated carbocycles. The van der Waals surface area contributed by atoms with Crippen LogP contribution in [0.5, 0.6) is 0 Å². The summed E-state index contributed by atoms with van der Waals surface area (Å²) in [6, 6.07) is 5.82. The largest absolute Gasteiger partial charge is 0.370 e. The number of guanidine groups is 1. The summed E-state index contributed by atoms with van der Waals surface area (Å²) in [7, 11) is 0. The zero-order valence-electron chi connectivity index (χ0n) is 11.2. The van der Waals surface area contributed by atoms with Crippen LogP contribution in [0, 0.1) is 12.8 Å². The summed E-state index contributed by atoms with van der Waals surface area (Å²) >= 11 is 0. The second-order valence-corrected chi connectivity index (χ2v) is 4.88. The number of Topliss-reactive ketones (excluding diaryl/α,β-unsaturated/α-hetero) is 1. The molecule has 0 amide bonds. The highest BCUT2D eigenvalue weighted by Crippen LogP contribution is 2.24. The van der Waals surface area contributed by atoms with E-state index >= 15 is 0 Å². The van der Waals surface area contributed by atoms with Gasteiger partial charge in [-0.3, -0.25) is 9.79 Å². The average Bonchev–Trinajstić information content (AvgIpc) is 2.31. The van der Waals surface area contributed by atoms with E-state index in [2.05, 4.69) is 9.98 Å². The maximum atomic E-state index is 11.3. The molecule has 19 heavy (non-hydrogen) atoms. The molecule has 1 unspecified atom stereocenters. The topological polar surface area (TPSA) is 93.8 Å². The maximum absolute atomic E-state index is 11.3. The van der Waals surface area contributed by atoms with Crippen molar-refractivity contribution >= 4 is 23.1 Å². The molecule has 2 rings (SSSR count). The number of benzene rings is 1. The minimum atomic E-state index is 0.0461. The predicted molar refractivity (Wildman–Crippen MR) is 76.8 cm³/mol. The fourth-order valence-electron chi connectivity index (χ4n) is 2.29. The normalized spacial score (nSPS) is 18.9. The molecular formula is C14H18N4O. The van der Waals surface area contributed by atoms with Crippen molar-refractivity contribution in [2.45, 2.75) is 20.3 Å². The van der Waals surface area contributed by atoms with E-state index in [4.69, 9.17) is 11.5 Å². The number of ketones is 1. The van der Waals surface area contributed by atoms with Crippen LogP contribution in [0.1, 0.15) is 24.5 Å². The quantitative estimate of drug-likeness (QED) is 0.618. The Hall–Kier alpha value is -2.17. The van der Waals surface area contributed by atoms with Crippen molar-refractivity contribution in [3.8, 4) is 0 Å². The fourth-order valence-corrected chi connectivity index (χ4v) is 2.29. The predicted octanol–water partition coefficient (Wildman–Crippen LogP) is 1.30. The highest BCUT2D eigenvalue weighted by Gasteiger charge is 2.21. The van der Waals surface area contributed by atoms with Crippen LogP contribution < -0.4 is 11.5 Å². The Morgan fingerprint density at radius 2 is 2.16 bits per heavy atom. The van der Waals surface area contributed by atoms with E-state index in [-0.39, 0.29) is 24.2 Å². The molecular weight excluding hydrogens is 240 g/mol. The second kappa shape index (κ2) is 5.22. The number of hydrogen-bond acceptors (Lipinski definition) is 3. The lowest BCUT2D eigenvalue weighted by atomic mass is 9.90. The van der Waals surface area contributed by atoms with Crippen LogP contribution in [0.15, 0.2) is 28.2 Å². The van der Waals surface area contributed by atoms with Gasteiger partial charge in [-0.2, -0.15) is 0 Å². The molecule has 0 saturated heterocycles. The van der Waals surface area contributed by atoms with Crippen LogP contribution >= 0.6 is 0 Å². The molecule has 4 N–H and O–H groups in total. The summed E-state index contributed by atoms with van der Waals surface area (Å²) in [4.78, 5) is 19.8. The minimum Gasteiger partial charge on any atom is -0.370 e. The first kappa shape index (κ1) is 13.3. The first-order valence-electron chi connectivity index (χ1n) is 6.24. The number of nitrogens with two attached hydrogens (primary N) is 2. The number of carbonyl (C=O) groups excluding carboxylic acids is 1. The number of hydrogen-bond donors (Lipinski definition) is 2. The molecule has 5 nitrogen and oxygen atoms in total. The molecule has 5 heteroatoms. The van der Waals surface area contributed by atoms with Crippen molar-refractivity contribution in [3.63, 3.8) is 0 Å². The Balaban J connectivity index is 2.35. The van der Waals surface area contributed by atoms with Crippen molar-refractivity contribution in [1.82, 2.24) is 0 Å². The Morgan fingerprint density at radius 3 is 2.74 bits per heavy atom. The minimum absolute atomic E-state index is 0.0461. The molecule has 1 aromatic carbocycles. The monoisotopic (exact) mass is 258 g/mol. The molecule has 1 atom stereocenters. The number of nitrogens with zero attached hydrogens (tertiary/aromatic N) is 2. The molecule has 0 spiro atoms. The van der Waals surface area contributed by atoms with Crippen LogP contribution in [0.2, 0.25) is 0 Å². The van der Waals surface area contributed by atoms with Crippen molar-refractivity contribution in [2.75, 3.05) is 6.54 Å². The molecule has 0 bridgehead atoms. The van der Waals surface area contributed by atoms with Crippen LogP contribution in [0.4, 0.5) is 5.69 Å². The molecule has 0 radical (unpaired) electrons. The Labute approximate surface area is 112 Å².